The Morgan fingerprint density at radius 1 is 1.14 bits per heavy atom. The second kappa shape index (κ2) is 5.50. The molecule has 0 saturated carbocycles. The van der Waals surface area contributed by atoms with E-state index in [-0.39, 0.29) is 17.3 Å². The van der Waals surface area contributed by atoms with Crippen LogP contribution in [0.15, 0.2) is 47.4 Å². The summed E-state index contributed by atoms with van der Waals surface area (Å²) in [7, 11) is -2.13. The molecule has 0 amide bonds. The molecule has 0 bridgehead atoms. The van der Waals surface area contributed by atoms with Gasteiger partial charge in [0, 0.05) is 12.1 Å². The minimum absolute atomic E-state index is 0. The molecule has 0 spiro atoms. The number of fused-ring (bicyclic) bond motifs is 2. The maximum absolute atomic E-state index is 12.7. The van der Waals surface area contributed by atoms with Gasteiger partial charge in [-0.15, -0.1) is 12.4 Å². The molecule has 112 valence electrons. The maximum atomic E-state index is 12.7. The summed E-state index contributed by atoms with van der Waals surface area (Å²) in [5.74, 6) is 0. The van der Waals surface area contributed by atoms with Gasteiger partial charge in [-0.3, -0.25) is 4.31 Å². The van der Waals surface area contributed by atoms with E-state index in [0.29, 0.717) is 16.3 Å². The maximum Gasteiger partial charge on any atom is 0.264 e. The van der Waals surface area contributed by atoms with E-state index in [9.17, 15) is 8.42 Å². The molecule has 1 unspecified atom stereocenters. The molecule has 0 saturated heterocycles. The number of hydrogen-bond donors (Lipinski definition) is 1. The Labute approximate surface area is 135 Å². The summed E-state index contributed by atoms with van der Waals surface area (Å²) in [4.78, 5) is 0.163. The Bertz CT molecular complexity index is 793. The van der Waals surface area contributed by atoms with Crippen LogP contribution in [0.5, 0.6) is 0 Å². The number of anilines is 1. The second-order valence-corrected chi connectivity index (χ2v) is 7.07. The number of rotatable bonds is 0. The van der Waals surface area contributed by atoms with Gasteiger partial charge in [-0.25, -0.2) is 8.42 Å². The average molecular weight is 345 g/mol. The third-order valence-corrected chi connectivity index (χ3v) is 5.62. The van der Waals surface area contributed by atoms with Crippen molar-refractivity contribution in [1.29, 1.82) is 0 Å². The standard InChI is InChI=1S/C14H13ClN2O2S.ClH/c1-17-12-5-3-2-4-10(12)14(16)11-7-6-9(15)8-13(11)20(17,18)19;/h2-8,14H,16H2,1H3;1H. The van der Waals surface area contributed by atoms with E-state index < -0.39 is 16.1 Å². The number of benzene rings is 2. The Morgan fingerprint density at radius 3 is 2.52 bits per heavy atom. The van der Waals surface area contributed by atoms with Crippen LogP contribution in [-0.2, 0) is 10.0 Å². The molecule has 1 heterocycles. The topological polar surface area (TPSA) is 63.4 Å². The van der Waals surface area contributed by atoms with Gasteiger partial charge in [0.1, 0.15) is 0 Å². The Balaban J connectivity index is 0.00000161. The number of hydrogen-bond acceptors (Lipinski definition) is 3. The van der Waals surface area contributed by atoms with Gasteiger partial charge < -0.3 is 5.73 Å². The third-order valence-electron chi connectivity index (χ3n) is 3.56. The minimum Gasteiger partial charge on any atom is -0.320 e. The molecular formula is C14H14Cl2N2O2S. The van der Waals surface area contributed by atoms with Crippen LogP contribution in [0.25, 0.3) is 0 Å². The summed E-state index contributed by atoms with van der Waals surface area (Å²) in [6, 6.07) is 11.5. The zero-order chi connectivity index (χ0) is 14.5. The lowest BCUT2D eigenvalue weighted by atomic mass is 9.98. The van der Waals surface area contributed by atoms with Crippen molar-refractivity contribution < 1.29 is 8.42 Å². The van der Waals surface area contributed by atoms with Gasteiger partial charge >= 0.3 is 0 Å². The lowest BCUT2D eigenvalue weighted by Crippen LogP contribution is -2.26. The molecule has 2 aromatic carbocycles. The van der Waals surface area contributed by atoms with E-state index in [0.717, 1.165) is 5.56 Å². The highest BCUT2D eigenvalue weighted by Crippen LogP contribution is 2.39. The second-order valence-electron chi connectivity index (χ2n) is 4.69. The van der Waals surface area contributed by atoms with Crippen molar-refractivity contribution in [2.24, 2.45) is 5.73 Å². The van der Waals surface area contributed by atoms with E-state index in [2.05, 4.69) is 0 Å². The molecule has 0 radical (unpaired) electrons. The molecular weight excluding hydrogens is 331 g/mol. The van der Waals surface area contributed by atoms with Crippen LogP contribution in [0.3, 0.4) is 0 Å². The normalized spacial score (nSPS) is 19.0. The lowest BCUT2D eigenvalue weighted by molar-refractivity contribution is 0.593. The van der Waals surface area contributed by atoms with Gasteiger partial charge in [0.15, 0.2) is 0 Å². The summed E-state index contributed by atoms with van der Waals surface area (Å²) in [5, 5.41) is 0.374. The average Bonchev–Trinajstić information content (AvgIpc) is 2.50. The van der Waals surface area contributed by atoms with E-state index in [1.807, 2.05) is 12.1 Å². The van der Waals surface area contributed by atoms with Crippen LogP contribution < -0.4 is 10.0 Å². The Kier molecular flexibility index (Phi) is 4.22. The molecule has 0 fully saturated rings. The van der Waals surface area contributed by atoms with Crippen LogP contribution >= 0.6 is 24.0 Å². The van der Waals surface area contributed by atoms with Crippen molar-refractivity contribution in [3.63, 3.8) is 0 Å². The highest BCUT2D eigenvalue weighted by Gasteiger charge is 2.33. The molecule has 0 aromatic heterocycles. The van der Waals surface area contributed by atoms with Gasteiger partial charge in [-0.1, -0.05) is 35.9 Å². The van der Waals surface area contributed by atoms with E-state index >= 15 is 0 Å². The SMILES string of the molecule is CN1c2ccccc2C(N)c2ccc(Cl)cc2S1(=O)=O.Cl. The van der Waals surface area contributed by atoms with Crippen molar-refractivity contribution in [2.45, 2.75) is 10.9 Å². The van der Waals surface area contributed by atoms with Crippen molar-refractivity contribution in [3.05, 3.63) is 58.6 Å². The van der Waals surface area contributed by atoms with E-state index in [1.54, 1.807) is 24.3 Å². The zero-order valence-corrected chi connectivity index (χ0v) is 13.5. The van der Waals surface area contributed by atoms with Crippen molar-refractivity contribution in [1.82, 2.24) is 0 Å². The Hall–Kier alpha value is -1.27. The summed E-state index contributed by atoms with van der Waals surface area (Å²) in [5.41, 5.74) is 8.19. The predicted molar refractivity (Wildman–Crippen MR) is 86.8 cm³/mol. The summed E-state index contributed by atoms with van der Waals surface area (Å²) < 4.78 is 26.6. The minimum atomic E-state index is -3.66. The lowest BCUT2D eigenvalue weighted by Gasteiger charge is -2.19. The predicted octanol–water partition coefficient (Wildman–Crippen LogP) is 2.95. The van der Waals surface area contributed by atoms with Crippen LogP contribution in [0.1, 0.15) is 17.2 Å². The first-order chi connectivity index (χ1) is 9.43. The van der Waals surface area contributed by atoms with Crippen LogP contribution in [0.4, 0.5) is 5.69 Å². The fraction of sp³-hybridized carbons (Fsp3) is 0.143. The molecule has 1 aliphatic heterocycles. The molecule has 4 nitrogen and oxygen atoms in total. The highest BCUT2D eigenvalue weighted by atomic mass is 35.5. The van der Waals surface area contributed by atoms with E-state index in [1.165, 1.54) is 17.4 Å². The molecule has 1 atom stereocenters. The molecule has 1 aliphatic rings. The molecule has 7 heteroatoms. The monoisotopic (exact) mass is 344 g/mol. The molecule has 2 N–H and O–H groups in total. The summed E-state index contributed by atoms with van der Waals surface area (Å²) in [6.07, 6.45) is 0. The third kappa shape index (κ3) is 2.40. The van der Waals surface area contributed by atoms with Gasteiger partial charge in [-0.05, 0) is 29.3 Å². The zero-order valence-electron chi connectivity index (χ0n) is 11.2. The fourth-order valence-electron chi connectivity index (χ4n) is 2.47. The number of nitrogens with zero attached hydrogens (tertiary/aromatic N) is 1. The van der Waals surface area contributed by atoms with Gasteiger partial charge in [-0.2, -0.15) is 0 Å². The van der Waals surface area contributed by atoms with Gasteiger partial charge in [0.2, 0.25) is 0 Å². The largest absolute Gasteiger partial charge is 0.320 e. The number of para-hydroxylation sites is 1. The first kappa shape index (κ1) is 16.1. The summed E-state index contributed by atoms with van der Waals surface area (Å²) >= 11 is 5.94. The first-order valence-electron chi connectivity index (χ1n) is 6.06. The van der Waals surface area contributed by atoms with Gasteiger partial charge in [0.05, 0.1) is 16.6 Å². The number of halogens is 2. The number of nitrogens with two attached hydrogens (primary N) is 1. The van der Waals surface area contributed by atoms with Crippen molar-refractivity contribution in [3.8, 4) is 0 Å². The Morgan fingerprint density at radius 2 is 1.81 bits per heavy atom. The summed E-state index contributed by atoms with van der Waals surface area (Å²) in [6.45, 7) is 0. The van der Waals surface area contributed by atoms with Crippen LogP contribution in [0.2, 0.25) is 5.02 Å². The molecule has 3 rings (SSSR count). The van der Waals surface area contributed by atoms with Crippen molar-refractivity contribution in [2.75, 3.05) is 11.4 Å². The highest BCUT2D eigenvalue weighted by molar-refractivity contribution is 7.92. The van der Waals surface area contributed by atoms with Crippen molar-refractivity contribution >= 4 is 39.7 Å². The van der Waals surface area contributed by atoms with E-state index in [4.69, 9.17) is 17.3 Å². The first-order valence-corrected chi connectivity index (χ1v) is 7.87. The molecule has 2 aromatic rings. The van der Waals surface area contributed by atoms with Gasteiger partial charge in [0.25, 0.3) is 10.0 Å². The number of sulfonamides is 1. The quantitative estimate of drug-likeness (QED) is 0.798. The van der Waals surface area contributed by atoms with Crippen LogP contribution in [0, 0.1) is 0 Å². The molecule has 0 aliphatic carbocycles. The molecule has 21 heavy (non-hydrogen) atoms. The fourth-order valence-corrected chi connectivity index (χ4v) is 4.20. The van der Waals surface area contributed by atoms with Crippen LogP contribution in [-0.4, -0.2) is 15.5 Å². The smallest absolute Gasteiger partial charge is 0.264 e.